The van der Waals surface area contributed by atoms with Gasteiger partial charge in [0, 0.05) is 48.7 Å². The molecule has 2 aromatic rings. The molecule has 98 valence electrons. The lowest BCUT2D eigenvalue weighted by Gasteiger charge is -2.15. The third-order valence-electron chi connectivity index (χ3n) is 3.16. The van der Waals surface area contributed by atoms with Gasteiger partial charge in [0.2, 0.25) is 0 Å². The monoisotopic (exact) mass is 274 g/mol. The Morgan fingerprint density at radius 1 is 1.37 bits per heavy atom. The van der Waals surface area contributed by atoms with Gasteiger partial charge in [-0.15, -0.1) is 11.3 Å². The van der Waals surface area contributed by atoms with Gasteiger partial charge in [0.1, 0.15) is 0 Å². The fraction of sp³-hybridized carbons (Fsp3) is 0.308. The van der Waals surface area contributed by atoms with Crippen LogP contribution in [0.15, 0.2) is 36.1 Å². The molecular weight excluding hydrogens is 260 g/mol. The predicted molar refractivity (Wildman–Crippen MR) is 74.4 cm³/mol. The number of thiazole rings is 1. The van der Waals surface area contributed by atoms with E-state index >= 15 is 0 Å². The number of pyridine rings is 1. The molecule has 0 saturated carbocycles. The molecule has 0 aliphatic carbocycles. The van der Waals surface area contributed by atoms with Crippen LogP contribution in [0.3, 0.4) is 0 Å². The molecule has 6 heteroatoms. The highest BCUT2D eigenvalue weighted by atomic mass is 32.1. The molecule has 3 rings (SSSR count). The lowest BCUT2D eigenvalue weighted by Crippen LogP contribution is -2.37. The number of rotatable bonds is 3. The van der Waals surface area contributed by atoms with Gasteiger partial charge >= 0.3 is 0 Å². The topological polar surface area (TPSA) is 58.1 Å². The summed E-state index contributed by atoms with van der Waals surface area (Å²) in [4.78, 5) is 22.4. The predicted octanol–water partition coefficient (Wildman–Crippen LogP) is 1.55. The highest BCUT2D eigenvalue weighted by Gasteiger charge is 2.25. The van der Waals surface area contributed by atoms with Crippen LogP contribution in [0, 0.1) is 0 Å². The summed E-state index contributed by atoms with van der Waals surface area (Å²) in [6.45, 7) is 1.76. The molecule has 1 aliphatic heterocycles. The molecule has 0 unspecified atom stereocenters. The fourth-order valence-electron chi connectivity index (χ4n) is 2.20. The van der Waals surface area contributed by atoms with Crippen LogP contribution >= 0.6 is 11.3 Å². The first-order valence-corrected chi connectivity index (χ1v) is 7.06. The minimum atomic E-state index is -0.0339. The number of aromatic nitrogens is 2. The minimum Gasteiger partial charge on any atom is -0.347 e. The van der Waals surface area contributed by atoms with Gasteiger partial charge in [-0.2, -0.15) is 0 Å². The summed E-state index contributed by atoms with van der Waals surface area (Å²) in [6.07, 6.45) is 6.02. The minimum absolute atomic E-state index is 0.0339. The molecule has 19 heavy (non-hydrogen) atoms. The van der Waals surface area contributed by atoms with Crippen LogP contribution in [0.5, 0.6) is 0 Å². The van der Waals surface area contributed by atoms with Crippen molar-refractivity contribution in [2.24, 2.45) is 0 Å². The van der Waals surface area contributed by atoms with Gasteiger partial charge in [0.05, 0.1) is 0 Å². The van der Waals surface area contributed by atoms with Gasteiger partial charge in [-0.25, -0.2) is 4.98 Å². The molecule has 1 N–H and O–H groups in total. The van der Waals surface area contributed by atoms with Crippen LogP contribution in [0.1, 0.15) is 16.8 Å². The molecule has 3 heterocycles. The summed E-state index contributed by atoms with van der Waals surface area (Å²) < 4.78 is 0. The van der Waals surface area contributed by atoms with E-state index < -0.39 is 0 Å². The van der Waals surface area contributed by atoms with Crippen LogP contribution in [0.4, 0.5) is 5.13 Å². The summed E-state index contributed by atoms with van der Waals surface area (Å²) in [7, 11) is 0. The number of nitrogens with one attached hydrogen (secondary N) is 1. The van der Waals surface area contributed by atoms with Gasteiger partial charge in [0.25, 0.3) is 5.91 Å². The molecule has 1 amide bonds. The zero-order valence-corrected chi connectivity index (χ0v) is 11.1. The molecule has 2 aromatic heterocycles. The van der Waals surface area contributed by atoms with Crippen molar-refractivity contribution >= 4 is 22.4 Å². The number of anilines is 1. The smallest absolute Gasteiger partial charge is 0.251 e. The third-order valence-corrected chi connectivity index (χ3v) is 3.99. The molecule has 1 atom stereocenters. The van der Waals surface area contributed by atoms with Crippen molar-refractivity contribution in [2.45, 2.75) is 12.5 Å². The Kier molecular flexibility index (Phi) is 3.41. The maximum atomic E-state index is 12.0. The Labute approximate surface area is 115 Å². The first kappa shape index (κ1) is 12.1. The molecule has 0 bridgehead atoms. The third kappa shape index (κ3) is 2.73. The maximum absolute atomic E-state index is 12.0. The summed E-state index contributed by atoms with van der Waals surface area (Å²) in [6, 6.07) is 3.63. The standard InChI is InChI=1S/C13H14N4OS/c18-12(10-1-4-14-5-2-10)16-11-3-7-17(9-11)13-15-6-8-19-13/h1-2,4-6,8,11H,3,7,9H2,(H,16,18)/t11-/m0/s1. The molecule has 1 saturated heterocycles. The lowest BCUT2D eigenvalue weighted by molar-refractivity contribution is 0.0940. The van der Waals surface area contributed by atoms with E-state index in [0.717, 1.165) is 24.6 Å². The van der Waals surface area contributed by atoms with E-state index in [1.54, 1.807) is 35.9 Å². The Morgan fingerprint density at radius 3 is 2.95 bits per heavy atom. The first-order chi connectivity index (χ1) is 9.33. The number of carbonyl (C=O) groups excluding carboxylic acids is 1. The van der Waals surface area contributed by atoms with E-state index in [2.05, 4.69) is 20.2 Å². The lowest BCUT2D eigenvalue weighted by atomic mass is 10.2. The van der Waals surface area contributed by atoms with Crippen molar-refractivity contribution in [3.63, 3.8) is 0 Å². The summed E-state index contributed by atoms with van der Waals surface area (Å²) in [5, 5.41) is 6.05. The second kappa shape index (κ2) is 5.36. The van der Waals surface area contributed by atoms with Crippen molar-refractivity contribution < 1.29 is 4.79 Å². The number of carbonyl (C=O) groups is 1. The normalized spacial score (nSPS) is 18.5. The van der Waals surface area contributed by atoms with Gasteiger partial charge in [-0.3, -0.25) is 9.78 Å². The van der Waals surface area contributed by atoms with Crippen LogP contribution in [0.2, 0.25) is 0 Å². The number of nitrogens with zero attached hydrogens (tertiary/aromatic N) is 3. The highest BCUT2D eigenvalue weighted by molar-refractivity contribution is 7.13. The average molecular weight is 274 g/mol. The van der Waals surface area contributed by atoms with Crippen LogP contribution in [0.25, 0.3) is 0 Å². The van der Waals surface area contributed by atoms with E-state index in [4.69, 9.17) is 0 Å². The van der Waals surface area contributed by atoms with Gasteiger partial charge < -0.3 is 10.2 Å². The Bertz CT molecular complexity index is 543. The van der Waals surface area contributed by atoms with E-state index in [9.17, 15) is 4.79 Å². The van der Waals surface area contributed by atoms with Crippen molar-refractivity contribution in [3.05, 3.63) is 41.7 Å². The quantitative estimate of drug-likeness (QED) is 0.922. The van der Waals surface area contributed by atoms with Crippen LogP contribution < -0.4 is 10.2 Å². The average Bonchev–Trinajstić information content (AvgIpc) is 3.10. The second-order valence-corrected chi connectivity index (χ2v) is 5.33. The molecule has 5 nitrogen and oxygen atoms in total. The Morgan fingerprint density at radius 2 is 2.21 bits per heavy atom. The van der Waals surface area contributed by atoms with E-state index in [0.29, 0.717) is 5.56 Å². The van der Waals surface area contributed by atoms with Crippen LogP contribution in [-0.2, 0) is 0 Å². The maximum Gasteiger partial charge on any atom is 0.251 e. The largest absolute Gasteiger partial charge is 0.347 e. The van der Waals surface area contributed by atoms with Gasteiger partial charge in [-0.05, 0) is 18.6 Å². The Hall–Kier alpha value is -1.95. The van der Waals surface area contributed by atoms with Gasteiger partial charge in [-0.1, -0.05) is 0 Å². The zero-order chi connectivity index (χ0) is 13.1. The second-order valence-electron chi connectivity index (χ2n) is 4.46. The van der Waals surface area contributed by atoms with Crippen molar-refractivity contribution in [2.75, 3.05) is 18.0 Å². The highest BCUT2D eigenvalue weighted by Crippen LogP contribution is 2.22. The van der Waals surface area contributed by atoms with Crippen molar-refractivity contribution in [1.82, 2.24) is 15.3 Å². The van der Waals surface area contributed by atoms with Gasteiger partial charge in [0.15, 0.2) is 5.13 Å². The number of amides is 1. The number of hydrogen-bond acceptors (Lipinski definition) is 5. The van der Waals surface area contributed by atoms with E-state index in [1.807, 2.05) is 11.6 Å². The molecule has 1 aliphatic rings. The Balaban J connectivity index is 1.59. The summed E-state index contributed by atoms with van der Waals surface area (Å²) >= 11 is 1.63. The van der Waals surface area contributed by atoms with Crippen molar-refractivity contribution in [3.8, 4) is 0 Å². The van der Waals surface area contributed by atoms with E-state index in [-0.39, 0.29) is 11.9 Å². The molecule has 0 aromatic carbocycles. The number of hydrogen-bond donors (Lipinski definition) is 1. The summed E-state index contributed by atoms with van der Waals surface area (Å²) in [5.41, 5.74) is 0.655. The molecular formula is C13H14N4OS. The molecule has 0 spiro atoms. The van der Waals surface area contributed by atoms with Crippen LogP contribution in [-0.4, -0.2) is 35.0 Å². The van der Waals surface area contributed by atoms with Crippen molar-refractivity contribution in [1.29, 1.82) is 0 Å². The molecule has 1 fully saturated rings. The zero-order valence-electron chi connectivity index (χ0n) is 10.3. The summed E-state index contributed by atoms with van der Waals surface area (Å²) in [5.74, 6) is -0.0339. The SMILES string of the molecule is O=C(N[C@H]1CCN(c2nccs2)C1)c1ccncc1. The fourth-order valence-corrected chi connectivity index (χ4v) is 2.88. The molecule has 0 radical (unpaired) electrons. The van der Waals surface area contributed by atoms with E-state index in [1.165, 1.54) is 0 Å². The first-order valence-electron chi connectivity index (χ1n) is 6.18.